The highest BCUT2D eigenvalue weighted by Crippen LogP contribution is 2.24. The third kappa shape index (κ3) is 4.15. The summed E-state index contributed by atoms with van der Waals surface area (Å²) < 4.78 is 32.3. The molecular formula is C18H17Cl2N3O4S. The Balaban J connectivity index is 1.72. The molecule has 0 aliphatic heterocycles. The quantitative estimate of drug-likeness (QED) is 0.586. The first kappa shape index (κ1) is 20.6. The van der Waals surface area contributed by atoms with Crippen LogP contribution >= 0.6 is 23.2 Å². The molecule has 3 rings (SSSR count). The standard InChI is InChI=1S/C18H17Cl2N3O4S/c1-22(2)28(25,26)14-5-3-13(4-6-14)27-8-7-23-11-21-17-15(18(23)24)9-12(19)10-16(17)20/h3-6,9-11H,7-8H2,1-2H3. The normalized spacial score (nSPS) is 11.9. The topological polar surface area (TPSA) is 81.5 Å². The predicted octanol–water partition coefficient (Wildman–Crippen LogP) is 3.03. The summed E-state index contributed by atoms with van der Waals surface area (Å²) in [7, 11) is -0.553. The van der Waals surface area contributed by atoms with E-state index in [1.807, 2.05) is 0 Å². The van der Waals surface area contributed by atoms with E-state index in [1.54, 1.807) is 12.1 Å². The Morgan fingerprint density at radius 3 is 2.46 bits per heavy atom. The molecule has 0 saturated heterocycles. The molecule has 0 spiro atoms. The molecule has 28 heavy (non-hydrogen) atoms. The monoisotopic (exact) mass is 441 g/mol. The van der Waals surface area contributed by atoms with Gasteiger partial charge in [0.15, 0.2) is 0 Å². The predicted molar refractivity (Wildman–Crippen MR) is 109 cm³/mol. The second kappa shape index (κ2) is 8.08. The Bertz CT molecular complexity index is 1180. The number of halogens is 2. The van der Waals surface area contributed by atoms with Crippen LogP contribution in [0.25, 0.3) is 10.9 Å². The molecule has 2 aromatic carbocycles. The van der Waals surface area contributed by atoms with Crippen LogP contribution in [0.1, 0.15) is 0 Å². The summed E-state index contributed by atoms with van der Waals surface area (Å²) in [4.78, 5) is 17.0. The van der Waals surface area contributed by atoms with Crippen molar-refractivity contribution in [3.63, 3.8) is 0 Å². The van der Waals surface area contributed by atoms with Gasteiger partial charge in [0.2, 0.25) is 10.0 Å². The van der Waals surface area contributed by atoms with Gasteiger partial charge in [-0.25, -0.2) is 17.7 Å². The Morgan fingerprint density at radius 1 is 1.14 bits per heavy atom. The first-order chi connectivity index (χ1) is 13.2. The van der Waals surface area contributed by atoms with Gasteiger partial charge in [-0.3, -0.25) is 9.36 Å². The zero-order valence-electron chi connectivity index (χ0n) is 15.1. The molecule has 0 saturated carbocycles. The summed E-state index contributed by atoms with van der Waals surface area (Å²) in [5, 5.41) is 1.01. The van der Waals surface area contributed by atoms with Gasteiger partial charge in [-0.05, 0) is 36.4 Å². The third-order valence-corrected chi connectivity index (χ3v) is 6.38. The molecule has 0 N–H and O–H groups in total. The molecule has 0 aliphatic carbocycles. The average Bonchev–Trinajstić information content (AvgIpc) is 2.64. The number of nitrogens with zero attached hydrogens (tertiary/aromatic N) is 3. The van der Waals surface area contributed by atoms with Crippen LogP contribution in [0.4, 0.5) is 0 Å². The summed E-state index contributed by atoms with van der Waals surface area (Å²) in [6.07, 6.45) is 1.40. The summed E-state index contributed by atoms with van der Waals surface area (Å²) in [5.74, 6) is 0.491. The van der Waals surface area contributed by atoms with Gasteiger partial charge in [-0.15, -0.1) is 0 Å². The highest BCUT2D eigenvalue weighted by molar-refractivity contribution is 7.89. The number of aromatic nitrogens is 2. The van der Waals surface area contributed by atoms with E-state index in [4.69, 9.17) is 27.9 Å². The van der Waals surface area contributed by atoms with E-state index in [2.05, 4.69) is 4.98 Å². The third-order valence-electron chi connectivity index (χ3n) is 4.05. The molecule has 0 bridgehead atoms. The van der Waals surface area contributed by atoms with Crippen LogP contribution in [0.15, 0.2) is 52.4 Å². The molecule has 148 valence electrons. The van der Waals surface area contributed by atoms with E-state index in [9.17, 15) is 13.2 Å². The fourth-order valence-electron chi connectivity index (χ4n) is 2.53. The molecule has 0 unspecified atom stereocenters. The fourth-order valence-corrected chi connectivity index (χ4v) is 3.98. The smallest absolute Gasteiger partial charge is 0.261 e. The fraction of sp³-hybridized carbons (Fsp3) is 0.222. The van der Waals surface area contributed by atoms with Crippen molar-refractivity contribution in [2.75, 3.05) is 20.7 Å². The minimum atomic E-state index is -3.49. The van der Waals surface area contributed by atoms with Crippen molar-refractivity contribution in [1.82, 2.24) is 13.9 Å². The molecule has 1 heterocycles. The van der Waals surface area contributed by atoms with Gasteiger partial charge in [-0.1, -0.05) is 23.2 Å². The van der Waals surface area contributed by atoms with Gasteiger partial charge in [0.25, 0.3) is 5.56 Å². The lowest BCUT2D eigenvalue weighted by molar-refractivity contribution is 0.296. The molecule has 3 aromatic rings. The lowest BCUT2D eigenvalue weighted by Gasteiger charge is -2.12. The number of sulfonamides is 1. The van der Waals surface area contributed by atoms with Crippen LogP contribution in [0.2, 0.25) is 10.0 Å². The average molecular weight is 442 g/mol. The first-order valence-corrected chi connectivity index (χ1v) is 10.4. The van der Waals surface area contributed by atoms with Crippen molar-refractivity contribution in [2.24, 2.45) is 0 Å². The highest BCUT2D eigenvalue weighted by Gasteiger charge is 2.16. The second-order valence-corrected chi connectivity index (χ2v) is 9.13. The number of hydrogen-bond acceptors (Lipinski definition) is 5. The minimum absolute atomic E-state index is 0.175. The lowest BCUT2D eigenvalue weighted by atomic mass is 10.2. The maximum Gasteiger partial charge on any atom is 0.261 e. The van der Waals surface area contributed by atoms with Crippen LogP contribution in [0, 0.1) is 0 Å². The highest BCUT2D eigenvalue weighted by atomic mass is 35.5. The summed E-state index contributed by atoms with van der Waals surface area (Å²) >= 11 is 12.0. The maximum absolute atomic E-state index is 12.6. The van der Waals surface area contributed by atoms with Crippen molar-refractivity contribution in [3.05, 3.63) is 63.1 Å². The molecule has 1 aromatic heterocycles. The minimum Gasteiger partial charge on any atom is -0.492 e. The summed E-state index contributed by atoms with van der Waals surface area (Å²) in [6, 6.07) is 9.14. The molecular weight excluding hydrogens is 425 g/mol. The van der Waals surface area contributed by atoms with E-state index in [0.717, 1.165) is 4.31 Å². The van der Waals surface area contributed by atoms with Gasteiger partial charge < -0.3 is 4.74 Å². The largest absolute Gasteiger partial charge is 0.492 e. The van der Waals surface area contributed by atoms with Crippen LogP contribution in [0.5, 0.6) is 5.75 Å². The SMILES string of the molecule is CN(C)S(=O)(=O)c1ccc(OCCn2cnc3c(Cl)cc(Cl)cc3c2=O)cc1. The molecule has 10 heteroatoms. The van der Waals surface area contributed by atoms with Gasteiger partial charge in [0.1, 0.15) is 12.4 Å². The number of ether oxygens (including phenoxy) is 1. The molecule has 0 aliphatic rings. The molecule has 0 atom stereocenters. The van der Waals surface area contributed by atoms with Gasteiger partial charge >= 0.3 is 0 Å². The van der Waals surface area contributed by atoms with Crippen LogP contribution in [-0.4, -0.2) is 43.0 Å². The molecule has 0 fully saturated rings. The Morgan fingerprint density at radius 2 is 1.82 bits per heavy atom. The van der Waals surface area contributed by atoms with Crippen LogP contribution in [0.3, 0.4) is 0 Å². The van der Waals surface area contributed by atoms with Gasteiger partial charge in [0, 0.05) is 19.1 Å². The van der Waals surface area contributed by atoms with Crippen molar-refractivity contribution >= 4 is 44.1 Å². The molecule has 0 amide bonds. The van der Waals surface area contributed by atoms with Crippen molar-refractivity contribution in [2.45, 2.75) is 11.4 Å². The van der Waals surface area contributed by atoms with Crippen molar-refractivity contribution < 1.29 is 13.2 Å². The van der Waals surface area contributed by atoms with E-state index in [1.165, 1.54) is 49.3 Å². The van der Waals surface area contributed by atoms with Crippen molar-refractivity contribution in [1.29, 1.82) is 0 Å². The Kier molecular flexibility index (Phi) is 5.95. The van der Waals surface area contributed by atoms with E-state index in [0.29, 0.717) is 26.7 Å². The Hall–Kier alpha value is -2.13. The summed E-state index contributed by atoms with van der Waals surface area (Å²) in [6.45, 7) is 0.449. The van der Waals surface area contributed by atoms with E-state index < -0.39 is 10.0 Å². The number of benzene rings is 2. The van der Waals surface area contributed by atoms with Crippen molar-refractivity contribution in [3.8, 4) is 5.75 Å². The number of hydrogen-bond donors (Lipinski definition) is 0. The summed E-state index contributed by atoms with van der Waals surface area (Å²) in [5.41, 5.74) is 0.122. The zero-order valence-corrected chi connectivity index (χ0v) is 17.4. The molecule has 7 nitrogen and oxygen atoms in total. The second-order valence-electron chi connectivity index (χ2n) is 6.13. The first-order valence-electron chi connectivity index (χ1n) is 8.20. The number of fused-ring (bicyclic) bond motifs is 1. The van der Waals surface area contributed by atoms with Gasteiger partial charge in [0.05, 0.1) is 33.7 Å². The maximum atomic E-state index is 12.6. The molecule has 0 radical (unpaired) electrons. The van der Waals surface area contributed by atoms with E-state index >= 15 is 0 Å². The van der Waals surface area contributed by atoms with E-state index in [-0.39, 0.29) is 23.6 Å². The van der Waals surface area contributed by atoms with Crippen LogP contribution in [-0.2, 0) is 16.6 Å². The van der Waals surface area contributed by atoms with Gasteiger partial charge in [-0.2, -0.15) is 0 Å². The number of rotatable bonds is 6. The zero-order chi connectivity index (χ0) is 20.5. The van der Waals surface area contributed by atoms with Crippen LogP contribution < -0.4 is 10.3 Å². The Labute approximate surface area is 172 Å². The lowest BCUT2D eigenvalue weighted by Crippen LogP contribution is -2.23.